The first-order valence-electron chi connectivity index (χ1n) is 7.30. The molecule has 1 aromatic heterocycles. The highest BCUT2D eigenvalue weighted by molar-refractivity contribution is 5.87. The van der Waals surface area contributed by atoms with E-state index in [0.29, 0.717) is 12.4 Å². The molecule has 9 heteroatoms. The highest BCUT2D eigenvalue weighted by Gasteiger charge is 2.26. The summed E-state index contributed by atoms with van der Waals surface area (Å²) >= 11 is 0. The number of piperidine rings is 1. The highest BCUT2D eigenvalue weighted by Crippen LogP contribution is 2.17. The van der Waals surface area contributed by atoms with Crippen LogP contribution in [0.4, 0.5) is 10.6 Å². The zero-order valence-corrected chi connectivity index (χ0v) is 12.9. The lowest BCUT2D eigenvalue weighted by Crippen LogP contribution is -2.47. The zero-order valence-electron chi connectivity index (χ0n) is 12.9. The predicted octanol–water partition coefficient (Wildman–Crippen LogP) is -0.255. The molecular formula is C13H22N6O3. The number of likely N-dealkylation sites (tertiary alicyclic amines) is 1. The Labute approximate surface area is 128 Å². The van der Waals surface area contributed by atoms with Crippen LogP contribution < -0.4 is 5.32 Å². The summed E-state index contributed by atoms with van der Waals surface area (Å²) < 4.78 is 0. The summed E-state index contributed by atoms with van der Waals surface area (Å²) in [5, 5.41) is 19.9. The minimum atomic E-state index is -0.310. The molecule has 0 spiro atoms. The Morgan fingerprint density at radius 2 is 2.23 bits per heavy atom. The number of aliphatic hydroxyl groups excluding tert-OH is 1. The van der Waals surface area contributed by atoms with Gasteiger partial charge in [0, 0.05) is 20.6 Å². The van der Waals surface area contributed by atoms with E-state index in [1.165, 1.54) is 15.9 Å². The highest BCUT2D eigenvalue weighted by atomic mass is 16.3. The number of hydrogen-bond acceptors (Lipinski definition) is 5. The molecule has 0 aromatic carbocycles. The van der Waals surface area contributed by atoms with Gasteiger partial charge < -0.3 is 14.9 Å². The number of urea groups is 1. The van der Waals surface area contributed by atoms with E-state index >= 15 is 0 Å². The lowest BCUT2D eigenvalue weighted by Gasteiger charge is -2.34. The Balaban J connectivity index is 1.94. The van der Waals surface area contributed by atoms with Crippen molar-refractivity contribution in [1.29, 1.82) is 0 Å². The van der Waals surface area contributed by atoms with Gasteiger partial charge in [0.1, 0.15) is 6.54 Å². The average Bonchev–Trinajstić information content (AvgIpc) is 2.94. The summed E-state index contributed by atoms with van der Waals surface area (Å²) in [7, 11) is 3.24. The van der Waals surface area contributed by atoms with Gasteiger partial charge >= 0.3 is 6.03 Å². The van der Waals surface area contributed by atoms with Gasteiger partial charge in [0.05, 0.1) is 18.8 Å². The van der Waals surface area contributed by atoms with Gasteiger partial charge in [-0.1, -0.05) is 0 Å². The standard InChI is InChI=1S/C13H22N6O3/c1-17(2)13(22)15-11-7-14-19(16-11)8-12(21)18-6-4-3-5-10(18)9-20/h7,10,20H,3-6,8-9H2,1-2H3,(H,15,16,22). The predicted molar refractivity (Wildman–Crippen MR) is 79.2 cm³/mol. The maximum Gasteiger partial charge on any atom is 0.322 e. The summed E-state index contributed by atoms with van der Waals surface area (Å²) in [4.78, 5) is 28.1. The van der Waals surface area contributed by atoms with Gasteiger partial charge in [0.15, 0.2) is 5.82 Å². The van der Waals surface area contributed by atoms with Crippen molar-refractivity contribution in [3.8, 4) is 0 Å². The maximum absolute atomic E-state index is 12.3. The van der Waals surface area contributed by atoms with Crippen LogP contribution in [-0.4, -0.2) is 75.1 Å². The number of amides is 3. The van der Waals surface area contributed by atoms with Gasteiger partial charge in [0.25, 0.3) is 0 Å². The summed E-state index contributed by atoms with van der Waals surface area (Å²) in [5.74, 6) is 0.170. The fourth-order valence-electron chi connectivity index (χ4n) is 2.38. The Bertz CT molecular complexity index is 530. The topological polar surface area (TPSA) is 104 Å². The van der Waals surface area contributed by atoms with Gasteiger partial charge in [0.2, 0.25) is 5.91 Å². The van der Waals surface area contributed by atoms with E-state index < -0.39 is 0 Å². The third-order valence-electron chi connectivity index (χ3n) is 3.61. The van der Waals surface area contributed by atoms with Gasteiger partial charge in [-0.05, 0) is 19.3 Å². The van der Waals surface area contributed by atoms with Crippen LogP contribution >= 0.6 is 0 Å². The van der Waals surface area contributed by atoms with E-state index in [4.69, 9.17) is 0 Å². The first-order chi connectivity index (χ1) is 10.5. The molecule has 1 aromatic rings. The molecule has 0 bridgehead atoms. The van der Waals surface area contributed by atoms with Crippen molar-refractivity contribution in [1.82, 2.24) is 24.8 Å². The Hall–Kier alpha value is -2.16. The van der Waals surface area contributed by atoms with Crippen LogP contribution in [0.1, 0.15) is 19.3 Å². The zero-order chi connectivity index (χ0) is 16.1. The Morgan fingerprint density at radius 1 is 1.45 bits per heavy atom. The number of nitrogens with one attached hydrogen (secondary N) is 1. The molecule has 1 atom stereocenters. The van der Waals surface area contributed by atoms with Gasteiger partial charge in [-0.15, -0.1) is 5.10 Å². The lowest BCUT2D eigenvalue weighted by molar-refractivity contribution is -0.137. The molecule has 1 aliphatic rings. The number of anilines is 1. The molecule has 0 aliphatic carbocycles. The third-order valence-corrected chi connectivity index (χ3v) is 3.61. The molecule has 1 aliphatic heterocycles. The van der Waals surface area contributed by atoms with Crippen molar-refractivity contribution >= 4 is 17.8 Å². The second-order valence-corrected chi connectivity index (χ2v) is 5.50. The summed E-state index contributed by atoms with van der Waals surface area (Å²) in [6.45, 7) is 0.617. The van der Waals surface area contributed by atoms with Crippen molar-refractivity contribution in [2.45, 2.75) is 31.8 Å². The van der Waals surface area contributed by atoms with E-state index in [0.717, 1.165) is 19.3 Å². The largest absolute Gasteiger partial charge is 0.394 e. The molecule has 0 saturated carbocycles. The average molecular weight is 310 g/mol. The Morgan fingerprint density at radius 3 is 2.91 bits per heavy atom. The minimum Gasteiger partial charge on any atom is -0.394 e. The van der Waals surface area contributed by atoms with Crippen LogP contribution in [0.3, 0.4) is 0 Å². The number of carbonyl (C=O) groups excluding carboxylic acids is 2. The summed E-state index contributed by atoms with van der Waals surface area (Å²) in [6, 6.07) is -0.431. The first-order valence-corrected chi connectivity index (χ1v) is 7.30. The minimum absolute atomic E-state index is 0.00562. The fourth-order valence-corrected chi connectivity index (χ4v) is 2.38. The van der Waals surface area contributed by atoms with E-state index in [1.54, 1.807) is 19.0 Å². The van der Waals surface area contributed by atoms with Crippen molar-refractivity contribution in [3.05, 3.63) is 6.20 Å². The molecule has 1 fully saturated rings. The molecule has 1 unspecified atom stereocenters. The van der Waals surface area contributed by atoms with Crippen molar-refractivity contribution in [2.24, 2.45) is 0 Å². The first kappa shape index (κ1) is 16.2. The third kappa shape index (κ3) is 3.94. The monoisotopic (exact) mass is 310 g/mol. The van der Waals surface area contributed by atoms with E-state index in [1.807, 2.05) is 0 Å². The molecule has 2 heterocycles. The van der Waals surface area contributed by atoms with Crippen molar-refractivity contribution in [3.63, 3.8) is 0 Å². The molecule has 2 N–H and O–H groups in total. The summed E-state index contributed by atoms with van der Waals surface area (Å²) in [6.07, 6.45) is 4.18. The molecular weight excluding hydrogens is 288 g/mol. The lowest BCUT2D eigenvalue weighted by atomic mass is 10.0. The number of rotatable bonds is 4. The van der Waals surface area contributed by atoms with Crippen LogP contribution in [0.25, 0.3) is 0 Å². The quantitative estimate of drug-likeness (QED) is 0.798. The SMILES string of the molecule is CN(C)C(=O)Nc1cnn(CC(=O)N2CCCCC2CO)n1. The molecule has 1 saturated heterocycles. The second-order valence-electron chi connectivity index (χ2n) is 5.50. The molecule has 9 nitrogen and oxygen atoms in total. The smallest absolute Gasteiger partial charge is 0.322 e. The molecule has 3 amide bonds. The van der Waals surface area contributed by atoms with E-state index in [9.17, 15) is 14.7 Å². The van der Waals surface area contributed by atoms with E-state index in [2.05, 4.69) is 15.5 Å². The van der Waals surface area contributed by atoms with Gasteiger partial charge in [-0.25, -0.2) is 4.79 Å². The van der Waals surface area contributed by atoms with Gasteiger partial charge in [-0.3, -0.25) is 10.1 Å². The summed E-state index contributed by atoms with van der Waals surface area (Å²) in [5.41, 5.74) is 0. The number of carbonyl (C=O) groups is 2. The second kappa shape index (κ2) is 7.21. The molecule has 2 rings (SSSR count). The number of nitrogens with zero attached hydrogens (tertiary/aromatic N) is 5. The number of aromatic nitrogens is 3. The maximum atomic E-state index is 12.3. The van der Waals surface area contributed by atoms with Crippen LogP contribution in [0.15, 0.2) is 6.20 Å². The molecule has 0 radical (unpaired) electrons. The van der Waals surface area contributed by atoms with Crippen LogP contribution in [-0.2, 0) is 11.3 Å². The van der Waals surface area contributed by atoms with Crippen LogP contribution in [0.5, 0.6) is 0 Å². The van der Waals surface area contributed by atoms with Crippen LogP contribution in [0, 0.1) is 0 Å². The van der Waals surface area contributed by atoms with Crippen LogP contribution in [0.2, 0.25) is 0 Å². The van der Waals surface area contributed by atoms with E-state index in [-0.39, 0.29) is 31.1 Å². The fraction of sp³-hybridized carbons (Fsp3) is 0.692. The number of hydrogen-bond donors (Lipinski definition) is 2. The number of aliphatic hydroxyl groups is 1. The van der Waals surface area contributed by atoms with Gasteiger partial charge in [-0.2, -0.15) is 9.90 Å². The molecule has 22 heavy (non-hydrogen) atoms. The Kier molecular flexibility index (Phi) is 5.31. The normalized spacial score (nSPS) is 18.1. The van der Waals surface area contributed by atoms with Crippen molar-refractivity contribution < 1.29 is 14.7 Å². The molecule has 122 valence electrons. The van der Waals surface area contributed by atoms with Crippen molar-refractivity contribution in [2.75, 3.05) is 32.6 Å².